The topological polar surface area (TPSA) is 42.0 Å². The fourth-order valence-corrected chi connectivity index (χ4v) is 0.926. The molecule has 1 aromatic heterocycles. The maximum atomic E-state index is 10.7. The molecule has 1 heterocycles. The molecule has 0 saturated carbocycles. The van der Waals surface area contributed by atoms with E-state index in [2.05, 4.69) is 10.3 Å². The van der Waals surface area contributed by atoms with Crippen molar-refractivity contribution in [1.82, 2.24) is 4.98 Å². The van der Waals surface area contributed by atoms with E-state index in [1.54, 1.807) is 6.07 Å². The fourth-order valence-electron chi connectivity index (χ4n) is 0.926. The molecule has 1 aromatic rings. The molecule has 1 N–H and O–H groups in total. The van der Waals surface area contributed by atoms with E-state index in [9.17, 15) is 4.79 Å². The second-order valence-electron chi connectivity index (χ2n) is 2.55. The quantitative estimate of drug-likeness (QED) is 0.721. The summed E-state index contributed by atoms with van der Waals surface area (Å²) in [5, 5.41) is 2.63. The Balaban J connectivity index is 2.79. The smallest absolute Gasteiger partial charge is 0.222 e. The number of amides is 1. The van der Waals surface area contributed by atoms with Crippen LogP contribution in [0.15, 0.2) is 18.2 Å². The summed E-state index contributed by atoms with van der Waals surface area (Å²) >= 11 is 0. The molecule has 0 aliphatic carbocycles. The van der Waals surface area contributed by atoms with Crippen LogP contribution in [0.1, 0.15) is 19.5 Å². The fraction of sp³-hybridized carbons (Fsp3) is 0.333. The third kappa shape index (κ3) is 2.34. The van der Waals surface area contributed by atoms with Gasteiger partial charge in [-0.2, -0.15) is 0 Å². The van der Waals surface area contributed by atoms with Gasteiger partial charge in [0.1, 0.15) is 5.82 Å². The number of carbonyl (C=O) groups excluding carboxylic acids is 1. The van der Waals surface area contributed by atoms with Crippen molar-refractivity contribution in [3.8, 4) is 0 Å². The molecule has 0 aliphatic rings. The predicted molar refractivity (Wildman–Crippen MR) is 47.9 cm³/mol. The van der Waals surface area contributed by atoms with E-state index in [4.69, 9.17) is 0 Å². The highest BCUT2D eigenvalue weighted by Gasteiger charge is 1.96. The molecule has 1 amide bonds. The highest BCUT2D eigenvalue weighted by atomic mass is 16.1. The van der Waals surface area contributed by atoms with Crippen molar-refractivity contribution in [3.63, 3.8) is 0 Å². The predicted octanol–water partition coefficient (Wildman–Crippen LogP) is 1.60. The molecule has 0 bridgehead atoms. The highest BCUT2D eigenvalue weighted by Crippen LogP contribution is 2.04. The lowest BCUT2D eigenvalue weighted by Gasteiger charge is -2.01. The molecule has 0 aromatic carbocycles. The molecule has 12 heavy (non-hydrogen) atoms. The molecule has 3 heteroatoms. The van der Waals surface area contributed by atoms with Gasteiger partial charge in [0.05, 0.1) is 0 Å². The number of pyridine rings is 1. The number of hydrogen-bond donors (Lipinski definition) is 1. The van der Waals surface area contributed by atoms with E-state index in [1.165, 1.54) is 6.92 Å². The Hall–Kier alpha value is -1.38. The first-order valence-corrected chi connectivity index (χ1v) is 3.96. The summed E-state index contributed by atoms with van der Waals surface area (Å²) in [7, 11) is 0. The molecule has 0 spiro atoms. The van der Waals surface area contributed by atoms with Crippen LogP contribution in [-0.4, -0.2) is 10.9 Å². The van der Waals surface area contributed by atoms with Gasteiger partial charge in [-0.15, -0.1) is 0 Å². The number of aryl methyl sites for hydroxylation is 1. The average molecular weight is 164 g/mol. The van der Waals surface area contributed by atoms with Crippen molar-refractivity contribution in [2.75, 3.05) is 5.32 Å². The molecule has 0 fully saturated rings. The molecule has 1 rings (SSSR count). The van der Waals surface area contributed by atoms with E-state index >= 15 is 0 Å². The van der Waals surface area contributed by atoms with Crippen LogP contribution >= 0.6 is 0 Å². The largest absolute Gasteiger partial charge is 0.311 e. The van der Waals surface area contributed by atoms with Crippen molar-refractivity contribution < 1.29 is 4.79 Å². The molecule has 0 atom stereocenters. The van der Waals surface area contributed by atoms with E-state index in [1.807, 2.05) is 19.1 Å². The number of nitrogens with zero attached hydrogens (tertiary/aromatic N) is 1. The lowest BCUT2D eigenvalue weighted by molar-refractivity contribution is -0.114. The van der Waals surface area contributed by atoms with Crippen LogP contribution in [-0.2, 0) is 11.2 Å². The van der Waals surface area contributed by atoms with E-state index < -0.39 is 0 Å². The summed E-state index contributed by atoms with van der Waals surface area (Å²) in [5.41, 5.74) is 0.987. The monoisotopic (exact) mass is 164 g/mol. The van der Waals surface area contributed by atoms with Crippen molar-refractivity contribution in [2.24, 2.45) is 0 Å². The Morgan fingerprint density at radius 3 is 2.92 bits per heavy atom. The van der Waals surface area contributed by atoms with Gasteiger partial charge in [-0.3, -0.25) is 4.79 Å². The minimum absolute atomic E-state index is 0.0873. The van der Waals surface area contributed by atoms with Gasteiger partial charge in [0.2, 0.25) is 5.91 Å². The minimum Gasteiger partial charge on any atom is -0.311 e. The van der Waals surface area contributed by atoms with Crippen LogP contribution in [0.2, 0.25) is 0 Å². The standard InChI is InChI=1S/C9H12N2O/c1-3-8-5-4-6-9(11-8)10-7(2)12/h4-6H,3H2,1-2H3,(H,10,11,12). The van der Waals surface area contributed by atoms with Crippen LogP contribution in [0, 0.1) is 0 Å². The second-order valence-corrected chi connectivity index (χ2v) is 2.55. The first-order valence-electron chi connectivity index (χ1n) is 3.96. The molecule has 64 valence electrons. The first kappa shape index (κ1) is 8.71. The summed E-state index contributed by atoms with van der Waals surface area (Å²) in [6.07, 6.45) is 0.882. The zero-order valence-corrected chi connectivity index (χ0v) is 7.29. The van der Waals surface area contributed by atoms with Gasteiger partial charge < -0.3 is 5.32 Å². The van der Waals surface area contributed by atoms with Crippen LogP contribution in [0.3, 0.4) is 0 Å². The SMILES string of the molecule is CCc1cccc(NC(C)=O)n1. The summed E-state index contributed by atoms with van der Waals surface area (Å²) < 4.78 is 0. The van der Waals surface area contributed by atoms with Gasteiger partial charge in [-0.05, 0) is 18.6 Å². The van der Waals surface area contributed by atoms with Crippen LogP contribution in [0.25, 0.3) is 0 Å². The Labute approximate surface area is 71.8 Å². The summed E-state index contributed by atoms with van der Waals surface area (Å²) in [6.45, 7) is 3.50. The van der Waals surface area contributed by atoms with Crippen LogP contribution < -0.4 is 5.32 Å². The van der Waals surface area contributed by atoms with Gasteiger partial charge in [0, 0.05) is 12.6 Å². The van der Waals surface area contributed by atoms with Crippen molar-refractivity contribution >= 4 is 11.7 Å². The van der Waals surface area contributed by atoms with Gasteiger partial charge in [-0.1, -0.05) is 13.0 Å². The molecule has 0 saturated heterocycles. The number of nitrogens with one attached hydrogen (secondary N) is 1. The van der Waals surface area contributed by atoms with E-state index in [-0.39, 0.29) is 5.91 Å². The first-order chi connectivity index (χ1) is 5.72. The zero-order valence-electron chi connectivity index (χ0n) is 7.29. The Bertz CT molecular complexity index is 284. The summed E-state index contributed by atoms with van der Waals surface area (Å²) in [4.78, 5) is 14.9. The third-order valence-electron chi connectivity index (χ3n) is 1.47. The zero-order chi connectivity index (χ0) is 8.97. The lowest BCUT2D eigenvalue weighted by atomic mass is 10.3. The number of anilines is 1. The van der Waals surface area contributed by atoms with Crippen molar-refractivity contribution in [1.29, 1.82) is 0 Å². The Morgan fingerprint density at radius 2 is 2.33 bits per heavy atom. The van der Waals surface area contributed by atoms with Crippen LogP contribution in [0.5, 0.6) is 0 Å². The summed E-state index contributed by atoms with van der Waals surface area (Å²) in [5.74, 6) is 0.539. The Morgan fingerprint density at radius 1 is 1.58 bits per heavy atom. The van der Waals surface area contributed by atoms with Gasteiger partial charge in [-0.25, -0.2) is 4.98 Å². The Kier molecular flexibility index (Phi) is 2.80. The van der Waals surface area contributed by atoms with E-state index in [0.29, 0.717) is 5.82 Å². The van der Waals surface area contributed by atoms with Crippen molar-refractivity contribution in [2.45, 2.75) is 20.3 Å². The number of rotatable bonds is 2. The molecule has 0 radical (unpaired) electrons. The summed E-state index contributed by atoms with van der Waals surface area (Å²) in [6, 6.07) is 5.60. The molecule has 0 unspecified atom stereocenters. The van der Waals surface area contributed by atoms with Gasteiger partial charge in [0.15, 0.2) is 0 Å². The molecular weight excluding hydrogens is 152 g/mol. The van der Waals surface area contributed by atoms with Crippen LogP contribution in [0.4, 0.5) is 5.82 Å². The van der Waals surface area contributed by atoms with Crippen molar-refractivity contribution in [3.05, 3.63) is 23.9 Å². The third-order valence-corrected chi connectivity index (χ3v) is 1.47. The minimum atomic E-state index is -0.0873. The molecule has 3 nitrogen and oxygen atoms in total. The maximum absolute atomic E-state index is 10.7. The average Bonchev–Trinajstić information content (AvgIpc) is 2.03. The number of aromatic nitrogens is 1. The second kappa shape index (κ2) is 3.85. The number of hydrogen-bond acceptors (Lipinski definition) is 2. The highest BCUT2D eigenvalue weighted by molar-refractivity contribution is 5.87. The maximum Gasteiger partial charge on any atom is 0.222 e. The lowest BCUT2D eigenvalue weighted by Crippen LogP contribution is -2.07. The van der Waals surface area contributed by atoms with Gasteiger partial charge >= 0.3 is 0 Å². The molecular formula is C9H12N2O. The van der Waals surface area contributed by atoms with E-state index in [0.717, 1.165) is 12.1 Å². The molecule has 0 aliphatic heterocycles. The normalized spacial score (nSPS) is 9.50. The van der Waals surface area contributed by atoms with Gasteiger partial charge in [0.25, 0.3) is 0 Å². The number of carbonyl (C=O) groups is 1.